The predicted molar refractivity (Wildman–Crippen MR) is 78.1 cm³/mol. The average Bonchev–Trinajstić information content (AvgIpc) is 2.39. The molecule has 2 rings (SSSR count). The van der Waals surface area contributed by atoms with Crippen molar-refractivity contribution in [3.05, 3.63) is 29.4 Å². The molecule has 0 spiro atoms. The SMILES string of the molecule is O=C(O)CSCC(=O)Nc1nc2ccccc2nc1Cl. The molecule has 1 aromatic carbocycles. The van der Waals surface area contributed by atoms with Crippen LogP contribution in [0.25, 0.3) is 11.0 Å². The number of fused-ring (bicyclic) bond motifs is 1. The zero-order valence-corrected chi connectivity index (χ0v) is 11.7. The number of nitrogens with zero attached hydrogens (tertiary/aromatic N) is 2. The topological polar surface area (TPSA) is 92.2 Å². The first-order valence-electron chi connectivity index (χ1n) is 5.58. The number of carbonyl (C=O) groups is 2. The molecule has 0 aliphatic carbocycles. The quantitative estimate of drug-likeness (QED) is 0.878. The van der Waals surface area contributed by atoms with E-state index in [1.807, 2.05) is 6.07 Å². The molecule has 1 amide bonds. The summed E-state index contributed by atoms with van der Waals surface area (Å²) < 4.78 is 0. The van der Waals surface area contributed by atoms with Gasteiger partial charge in [-0.1, -0.05) is 23.7 Å². The number of aliphatic carboxylic acids is 1. The number of halogens is 1. The van der Waals surface area contributed by atoms with Crippen LogP contribution in [-0.4, -0.2) is 38.5 Å². The molecule has 2 aromatic rings. The Morgan fingerprint density at radius 1 is 1.20 bits per heavy atom. The lowest BCUT2D eigenvalue weighted by Crippen LogP contribution is -2.17. The molecule has 0 aliphatic heterocycles. The van der Waals surface area contributed by atoms with Gasteiger partial charge in [0.2, 0.25) is 5.91 Å². The lowest BCUT2D eigenvalue weighted by Gasteiger charge is -2.06. The third-order valence-electron chi connectivity index (χ3n) is 2.24. The smallest absolute Gasteiger partial charge is 0.313 e. The number of carboxylic acids is 1. The number of nitrogens with one attached hydrogen (secondary N) is 1. The second kappa shape index (κ2) is 6.53. The normalized spacial score (nSPS) is 10.4. The Morgan fingerprint density at radius 2 is 1.85 bits per heavy atom. The van der Waals surface area contributed by atoms with E-state index in [9.17, 15) is 9.59 Å². The number of rotatable bonds is 5. The Kier molecular flexibility index (Phi) is 4.75. The molecule has 0 saturated carbocycles. The summed E-state index contributed by atoms with van der Waals surface area (Å²) >= 11 is 6.94. The Bertz CT molecular complexity index is 665. The Morgan fingerprint density at radius 3 is 2.50 bits per heavy atom. The van der Waals surface area contributed by atoms with Crippen molar-refractivity contribution in [2.75, 3.05) is 16.8 Å². The molecule has 0 unspecified atom stereocenters. The van der Waals surface area contributed by atoms with E-state index in [-0.39, 0.29) is 28.4 Å². The summed E-state index contributed by atoms with van der Waals surface area (Å²) in [5.41, 5.74) is 1.25. The van der Waals surface area contributed by atoms with Gasteiger partial charge < -0.3 is 10.4 Å². The maximum absolute atomic E-state index is 11.6. The minimum Gasteiger partial charge on any atom is -0.481 e. The van der Waals surface area contributed by atoms with Crippen LogP contribution >= 0.6 is 23.4 Å². The van der Waals surface area contributed by atoms with Crippen molar-refractivity contribution in [3.8, 4) is 0 Å². The molecule has 0 radical (unpaired) electrons. The first-order valence-corrected chi connectivity index (χ1v) is 7.11. The van der Waals surface area contributed by atoms with Gasteiger partial charge in [-0.25, -0.2) is 9.97 Å². The number of para-hydroxylation sites is 2. The van der Waals surface area contributed by atoms with Gasteiger partial charge in [-0.3, -0.25) is 9.59 Å². The van der Waals surface area contributed by atoms with E-state index >= 15 is 0 Å². The van der Waals surface area contributed by atoms with Crippen molar-refractivity contribution in [1.82, 2.24) is 9.97 Å². The number of amides is 1. The summed E-state index contributed by atoms with van der Waals surface area (Å²) in [6.07, 6.45) is 0. The van der Waals surface area contributed by atoms with E-state index in [4.69, 9.17) is 16.7 Å². The van der Waals surface area contributed by atoms with E-state index in [1.54, 1.807) is 18.2 Å². The van der Waals surface area contributed by atoms with E-state index in [0.29, 0.717) is 11.0 Å². The molecule has 2 N–H and O–H groups in total. The Labute approximate surface area is 123 Å². The molecule has 0 saturated heterocycles. The highest BCUT2D eigenvalue weighted by atomic mass is 35.5. The van der Waals surface area contributed by atoms with Gasteiger partial charge in [0.25, 0.3) is 0 Å². The van der Waals surface area contributed by atoms with Gasteiger partial charge in [0.05, 0.1) is 22.5 Å². The fourth-order valence-electron chi connectivity index (χ4n) is 1.46. The van der Waals surface area contributed by atoms with Crippen LogP contribution in [-0.2, 0) is 9.59 Å². The van der Waals surface area contributed by atoms with Gasteiger partial charge in [-0.05, 0) is 12.1 Å². The Hall–Kier alpha value is -1.86. The lowest BCUT2D eigenvalue weighted by atomic mass is 10.3. The average molecular weight is 312 g/mol. The number of thioether (sulfide) groups is 1. The maximum atomic E-state index is 11.6. The van der Waals surface area contributed by atoms with Gasteiger partial charge in [0, 0.05) is 0 Å². The Balaban J connectivity index is 2.07. The van der Waals surface area contributed by atoms with E-state index in [2.05, 4.69) is 15.3 Å². The molecule has 6 nitrogen and oxygen atoms in total. The van der Waals surface area contributed by atoms with Crippen LogP contribution in [0.2, 0.25) is 5.15 Å². The maximum Gasteiger partial charge on any atom is 0.313 e. The number of hydrogen-bond acceptors (Lipinski definition) is 5. The molecule has 1 aromatic heterocycles. The van der Waals surface area contributed by atoms with Crippen LogP contribution in [0.1, 0.15) is 0 Å². The van der Waals surface area contributed by atoms with Crippen molar-refractivity contribution in [2.24, 2.45) is 0 Å². The molecule has 8 heteroatoms. The second-order valence-corrected chi connectivity index (χ2v) is 5.13. The third kappa shape index (κ3) is 3.82. The van der Waals surface area contributed by atoms with E-state index < -0.39 is 5.97 Å². The fourth-order valence-corrected chi connectivity index (χ4v) is 2.17. The van der Waals surface area contributed by atoms with Crippen LogP contribution in [0.3, 0.4) is 0 Å². The van der Waals surface area contributed by atoms with Gasteiger partial charge in [-0.2, -0.15) is 0 Å². The van der Waals surface area contributed by atoms with Crippen LogP contribution in [0.4, 0.5) is 5.82 Å². The highest BCUT2D eigenvalue weighted by Gasteiger charge is 2.10. The molecule has 0 fully saturated rings. The zero-order chi connectivity index (χ0) is 14.5. The molecule has 104 valence electrons. The minimum absolute atomic E-state index is 0.0110. The lowest BCUT2D eigenvalue weighted by molar-refractivity contribution is -0.133. The molecule has 1 heterocycles. The largest absolute Gasteiger partial charge is 0.481 e. The van der Waals surface area contributed by atoms with Crippen molar-refractivity contribution in [2.45, 2.75) is 0 Å². The number of anilines is 1. The second-order valence-electron chi connectivity index (χ2n) is 3.79. The number of benzene rings is 1. The molecule has 0 atom stereocenters. The van der Waals surface area contributed by atoms with Gasteiger partial charge >= 0.3 is 5.97 Å². The van der Waals surface area contributed by atoms with Crippen molar-refractivity contribution < 1.29 is 14.7 Å². The van der Waals surface area contributed by atoms with E-state index in [0.717, 1.165) is 11.8 Å². The van der Waals surface area contributed by atoms with E-state index in [1.165, 1.54) is 0 Å². The number of aromatic nitrogens is 2. The summed E-state index contributed by atoms with van der Waals surface area (Å²) in [4.78, 5) is 30.3. The summed E-state index contributed by atoms with van der Waals surface area (Å²) in [6, 6.07) is 7.14. The highest BCUT2D eigenvalue weighted by Crippen LogP contribution is 2.21. The number of carbonyl (C=O) groups excluding carboxylic acids is 1. The summed E-state index contributed by atoms with van der Waals surface area (Å²) in [5.74, 6) is -1.29. The summed E-state index contributed by atoms with van der Waals surface area (Å²) in [5, 5.41) is 11.1. The fraction of sp³-hybridized carbons (Fsp3) is 0.167. The predicted octanol–water partition coefficient (Wildman–Crippen LogP) is 2.04. The zero-order valence-electron chi connectivity index (χ0n) is 10.2. The summed E-state index contributed by atoms with van der Waals surface area (Å²) in [7, 11) is 0. The molecule has 20 heavy (non-hydrogen) atoms. The molecule has 0 bridgehead atoms. The first-order chi connectivity index (χ1) is 9.56. The molecule has 0 aliphatic rings. The van der Waals surface area contributed by atoms with Crippen molar-refractivity contribution in [3.63, 3.8) is 0 Å². The van der Waals surface area contributed by atoms with Gasteiger partial charge in [0.1, 0.15) is 0 Å². The van der Waals surface area contributed by atoms with Crippen LogP contribution < -0.4 is 5.32 Å². The van der Waals surface area contributed by atoms with Crippen LogP contribution in [0, 0.1) is 0 Å². The van der Waals surface area contributed by atoms with Crippen molar-refractivity contribution >= 4 is 52.1 Å². The summed E-state index contributed by atoms with van der Waals surface area (Å²) in [6.45, 7) is 0. The minimum atomic E-state index is -0.966. The van der Waals surface area contributed by atoms with Crippen LogP contribution in [0.5, 0.6) is 0 Å². The number of carboxylic acid groups (broad SMARTS) is 1. The van der Waals surface area contributed by atoms with Crippen molar-refractivity contribution in [1.29, 1.82) is 0 Å². The van der Waals surface area contributed by atoms with Crippen LogP contribution in [0.15, 0.2) is 24.3 Å². The molecular formula is C12H10ClN3O3S. The van der Waals surface area contributed by atoms with Gasteiger partial charge in [0.15, 0.2) is 11.0 Å². The number of hydrogen-bond donors (Lipinski definition) is 2. The highest BCUT2D eigenvalue weighted by molar-refractivity contribution is 8.00. The monoisotopic (exact) mass is 311 g/mol. The standard InChI is InChI=1S/C12H10ClN3O3S/c13-11-12(16-9(17)5-20-6-10(18)19)15-8-4-2-1-3-7(8)14-11/h1-4H,5-6H2,(H,18,19)(H,15,16,17). The molecular weight excluding hydrogens is 302 g/mol. The third-order valence-corrected chi connectivity index (χ3v) is 3.43. The first kappa shape index (κ1) is 14.5. The van der Waals surface area contributed by atoms with Gasteiger partial charge in [-0.15, -0.1) is 11.8 Å².